The van der Waals surface area contributed by atoms with Crippen molar-refractivity contribution in [3.8, 4) is 0 Å². The van der Waals surface area contributed by atoms with E-state index in [2.05, 4.69) is 10.6 Å². The summed E-state index contributed by atoms with van der Waals surface area (Å²) in [5.41, 5.74) is -5.47. The van der Waals surface area contributed by atoms with Gasteiger partial charge in [-0.25, -0.2) is 0 Å². The fourth-order valence-corrected chi connectivity index (χ4v) is 13.7. The lowest BCUT2D eigenvalue weighted by Gasteiger charge is -2.18. The summed E-state index contributed by atoms with van der Waals surface area (Å²) in [5.74, 6) is -3.26. The van der Waals surface area contributed by atoms with Crippen LogP contribution in [-0.4, -0.2) is 134 Å². The van der Waals surface area contributed by atoms with Gasteiger partial charge >= 0.3 is 0 Å². The molecule has 0 spiro atoms. The van der Waals surface area contributed by atoms with Crippen LogP contribution in [0.4, 0.5) is 22.7 Å². The van der Waals surface area contributed by atoms with E-state index in [4.69, 9.17) is 12.2 Å². The molecule has 0 radical (unpaired) electrons. The molecule has 0 aliphatic heterocycles. The summed E-state index contributed by atoms with van der Waals surface area (Å²) < 4.78 is 313. The summed E-state index contributed by atoms with van der Waals surface area (Å²) in [7, 11) is -49.4. The van der Waals surface area contributed by atoms with E-state index in [-0.39, 0.29) is 18.2 Å². The molecule has 2 amide bonds. The molecule has 0 unspecified atom stereocenters. The van der Waals surface area contributed by atoms with Gasteiger partial charge in [-0.1, -0.05) is 0 Å². The average Bonchev–Trinajstić information content (AvgIpc) is 3.30. The van der Waals surface area contributed by atoms with Crippen molar-refractivity contribution < 1.29 is 126 Å². The largest absolute Gasteiger partial charge is 0.332 e. The van der Waals surface area contributed by atoms with Crippen LogP contribution in [0.1, 0.15) is 20.7 Å². The number of benzene rings is 7. The number of fused-ring (bicyclic) bond motifs is 3. The first-order valence-electron chi connectivity index (χ1n) is 20.5. The van der Waals surface area contributed by atoms with Crippen LogP contribution >= 0.6 is 12.2 Å². The van der Waals surface area contributed by atoms with E-state index in [1.54, 1.807) is 0 Å². The minimum absolute atomic E-state index is 0.148. The SMILES string of the molecule is O=C(Nc1cc(S(=O)(=O)O)cc2cc(S(=O)(=O)O)cc(S(=O)(=O)O)c12)c1cc(NC(=S)Nc2cc(S(=O)(=O)O)cc3cc(S(=O)(=O)O)cc(S(=O)(=O)O)c23)cc(C(=O)Nc2cc(S(=O)(=O)O)cc3cc(S(=O)(=O)O)cc(S(=O)(=O)O)c23)c1. The fourth-order valence-electron chi connectivity index (χ4n) is 7.70. The Labute approximate surface area is 465 Å². The van der Waals surface area contributed by atoms with Gasteiger partial charge < -0.3 is 21.3 Å². The predicted molar refractivity (Wildman–Crippen MR) is 282 cm³/mol. The average molecular weight is 1340 g/mol. The molecular weight excluding hydrogens is 1310 g/mol. The van der Waals surface area contributed by atoms with E-state index >= 15 is 0 Å². The Balaban J connectivity index is 1.47. The van der Waals surface area contributed by atoms with Crippen LogP contribution in [0, 0.1) is 0 Å². The highest BCUT2D eigenvalue weighted by Gasteiger charge is 2.30. The number of hydrogen-bond donors (Lipinski definition) is 13. The first-order chi connectivity index (χ1) is 37.0. The maximum atomic E-state index is 14.4. The molecule has 7 aromatic rings. The Morgan fingerprint density at radius 2 is 0.524 bits per heavy atom. The number of hydrogen-bond acceptors (Lipinski definition) is 21. The Bertz CT molecular complexity index is 4940. The third kappa shape index (κ3) is 13.6. The van der Waals surface area contributed by atoms with Gasteiger partial charge in [0.2, 0.25) is 0 Å². The third-order valence-electron chi connectivity index (χ3n) is 11.0. The number of carbonyl (C=O) groups is 2. The number of anilines is 4. The third-order valence-corrected chi connectivity index (χ3v) is 18.8. The van der Waals surface area contributed by atoms with Crippen LogP contribution < -0.4 is 21.3 Å². The van der Waals surface area contributed by atoms with Gasteiger partial charge in [0.15, 0.2) is 5.11 Å². The molecule has 0 aromatic heterocycles. The fraction of sp³-hybridized carbons (Fsp3) is 0. The summed E-state index contributed by atoms with van der Waals surface area (Å²) in [5, 5.41) is 2.48. The standard InChI is InChI=1S/C39H28N4O29S10/c44-37(41-28-10-22(74(46,47)48)4-16-7-25(77(55,56)57)13-31(34(16)28)80(64,65)66)19-1-20(38(45)42-29-11-23(75(49,50)51)5-17-8-26(78(58,59)60)14-32(35(17)29)81(67,68)69)3-21(2-19)40-39(73)43-30-12-24(76(52,53)54)6-18-9-27(79(61,62)63)15-33(36(18)30)82(70,71)72/h1-15H,(H,41,44)(H,42,45)(H2,40,43,73)(H,46,47,48)(H,49,50,51)(H,52,53,54)(H,55,56,57)(H,58,59,60)(H,61,62,63)(H,64,65,66)(H,67,68,69)(H,70,71,72). The minimum atomic E-state index is -5.68. The van der Waals surface area contributed by atoms with Crippen molar-refractivity contribution in [3.05, 3.63) is 102 Å². The van der Waals surface area contributed by atoms with Gasteiger partial charge in [0.05, 0.1) is 46.4 Å². The van der Waals surface area contributed by atoms with Crippen molar-refractivity contribution in [1.82, 2.24) is 0 Å². The quantitative estimate of drug-likeness (QED) is 0.0518. The van der Waals surface area contributed by atoms with E-state index in [9.17, 15) is 126 Å². The maximum absolute atomic E-state index is 14.4. The van der Waals surface area contributed by atoms with Gasteiger partial charge in [0.25, 0.3) is 103 Å². The molecule has 0 fully saturated rings. The monoisotopic (exact) mass is 1340 g/mol. The molecule has 33 nitrogen and oxygen atoms in total. The Morgan fingerprint density at radius 3 is 0.756 bits per heavy atom. The molecule has 7 rings (SSSR count). The van der Waals surface area contributed by atoms with Crippen molar-refractivity contribution >= 4 is 175 Å². The van der Waals surface area contributed by atoms with Crippen molar-refractivity contribution in [2.24, 2.45) is 0 Å². The Morgan fingerprint density at radius 1 is 0.293 bits per heavy atom. The van der Waals surface area contributed by atoms with E-state index in [0.29, 0.717) is 72.8 Å². The minimum Gasteiger partial charge on any atom is -0.332 e. The molecule has 0 aliphatic rings. The van der Waals surface area contributed by atoms with Crippen LogP contribution in [0.15, 0.2) is 135 Å². The van der Waals surface area contributed by atoms with E-state index < -0.39 is 218 Å². The normalized spacial score (nSPS) is 13.2. The second-order valence-electron chi connectivity index (χ2n) is 16.5. The summed E-state index contributed by atoms with van der Waals surface area (Å²) in [4.78, 5) is 17.1. The molecule has 82 heavy (non-hydrogen) atoms. The highest BCUT2D eigenvalue weighted by Crippen LogP contribution is 2.39. The first-order valence-corrected chi connectivity index (χ1v) is 33.9. The maximum Gasteiger partial charge on any atom is 0.295 e. The Hall–Kier alpha value is -6.86. The first kappa shape index (κ1) is 62.7. The lowest BCUT2D eigenvalue weighted by atomic mass is 10.1. The highest BCUT2D eigenvalue weighted by molar-refractivity contribution is 7.88. The molecule has 13 N–H and O–H groups in total. The molecule has 0 saturated heterocycles. The van der Waals surface area contributed by atoms with Crippen LogP contribution in [0.5, 0.6) is 0 Å². The summed E-state index contributed by atoms with van der Waals surface area (Å²) >= 11 is 5.32. The molecule has 0 aliphatic carbocycles. The molecule has 7 aromatic carbocycles. The zero-order valence-electron chi connectivity index (χ0n) is 38.9. The molecule has 0 heterocycles. The van der Waals surface area contributed by atoms with Crippen molar-refractivity contribution in [2.75, 3.05) is 21.3 Å². The van der Waals surface area contributed by atoms with Gasteiger partial charge in [-0.2, -0.15) is 75.8 Å². The van der Waals surface area contributed by atoms with Crippen molar-refractivity contribution in [1.29, 1.82) is 0 Å². The van der Waals surface area contributed by atoms with Gasteiger partial charge in [0, 0.05) is 33.0 Å². The predicted octanol–water partition coefficient (Wildman–Crippen LogP) is 2.68. The van der Waals surface area contributed by atoms with E-state index in [0.717, 1.165) is 0 Å². The van der Waals surface area contributed by atoms with Gasteiger partial charge in [-0.15, -0.1) is 0 Å². The van der Waals surface area contributed by atoms with Crippen LogP contribution in [-0.2, 0) is 91.1 Å². The highest BCUT2D eigenvalue weighted by atomic mass is 32.3. The summed E-state index contributed by atoms with van der Waals surface area (Å²) in [6.45, 7) is 0. The van der Waals surface area contributed by atoms with Crippen molar-refractivity contribution in [3.63, 3.8) is 0 Å². The van der Waals surface area contributed by atoms with Gasteiger partial charge in [0.1, 0.15) is 14.7 Å². The molecule has 0 bridgehead atoms. The lowest BCUT2D eigenvalue weighted by molar-refractivity contribution is 0.102. The summed E-state index contributed by atoms with van der Waals surface area (Å²) in [6.07, 6.45) is 0. The molecular formula is C39H28N4O29S10. The summed E-state index contributed by atoms with van der Waals surface area (Å²) in [6, 6.07) is 6.24. The number of thiocarbonyl (C=S) groups is 1. The van der Waals surface area contributed by atoms with Gasteiger partial charge in [-0.3, -0.25) is 50.6 Å². The van der Waals surface area contributed by atoms with Crippen LogP contribution in [0.25, 0.3) is 32.3 Å². The van der Waals surface area contributed by atoms with E-state index in [1.807, 2.05) is 10.6 Å². The zero-order chi connectivity index (χ0) is 61.8. The molecule has 0 atom stereocenters. The number of amides is 2. The number of rotatable bonds is 15. The topological polar surface area (TPSA) is 572 Å². The smallest absolute Gasteiger partial charge is 0.295 e. The molecule has 438 valence electrons. The lowest BCUT2D eigenvalue weighted by Crippen LogP contribution is -2.22. The van der Waals surface area contributed by atoms with E-state index in [1.165, 1.54) is 0 Å². The molecule has 43 heteroatoms. The Kier molecular flexibility index (Phi) is 15.9. The second-order valence-corrected chi connectivity index (χ2v) is 29.6. The molecule has 0 saturated carbocycles. The number of nitrogens with one attached hydrogen (secondary N) is 4. The van der Waals surface area contributed by atoms with Crippen LogP contribution in [0.2, 0.25) is 0 Å². The second kappa shape index (κ2) is 20.8. The van der Waals surface area contributed by atoms with Crippen molar-refractivity contribution in [2.45, 2.75) is 44.1 Å². The number of carbonyl (C=O) groups excluding carboxylic acids is 2. The zero-order valence-corrected chi connectivity index (χ0v) is 47.1. The van der Waals surface area contributed by atoms with Crippen LogP contribution in [0.3, 0.4) is 0 Å². The van der Waals surface area contributed by atoms with Gasteiger partial charge in [-0.05, 0) is 119 Å².